The van der Waals surface area contributed by atoms with Gasteiger partial charge in [-0.2, -0.15) is 0 Å². The quantitative estimate of drug-likeness (QED) is 0.862. The second kappa shape index (κ2) is 6.29. The molecule has 0 bridgehead atoms. The number of carbonyl (C=O) groups excluding carboxylic acids is 1. The minimum absolute atomic E-state index is 0.00486. The zero-order chi connectivity index (χ0) is 13.7. The number of hydrogen-bond donors (Lipinski definition) is 1. The summed E-state index contributed by atoms with van der Waals surface area (Å²) in [6.45, 7) is 2.98. The largest absolute Gasteiger partial charge is 0.335 e. The van der Waals surface area contributed by atoms with Crippen molar-refractivity contribution >= 4 is 5.78 Å². The van der Waals surface area contributed by atoms with Crippen LogP contribution < -0.4 is 5.73 Å². The summed E-state index contributed by atoms with van der Waals surface area (Å²) in [6, 6.07) is 8.87. The molecule has 2 rings (SSSR count). The fourth-order valence-corrected chi connectivity index (χ4v) is 2.06. The van der Waals surface area contributed by atoms with E-state index in [2.05, 4.69) is 11.9 Å². The van der Waals surface area contributed by atoms with Gasteiger partial charge in [0.25, 0.3) is 0 Å². The molecule has 4 nitrogen and oxygen atoms in total. The Labute approximate surface area is 113 Å². The highest BCUT2D eigenvalue weighted by Gasteiger charge is 2.17. The first kappa shape index (κ1) is 13.5. The highest BCUT2D eigenvalue weighted by Crippen LogP contribution is 2.13. The Balaban J connectivity index is 2.06. The van der Waals surface area contributed by atoms with Crippen LogP contribution >= 0.6 is 0 Å². The van der Waals surface area contributed by atoms with E-state index in [1.165, 1.54) is 0 Å². The Bertz CT molecular complexity index is 533. The number of nitrogens with two attached hydrogens (primary N) is 1. The first-order valence-corrected chi connectivity index (χ1v) is 6.55. The number of imidazole rings is 1. The number of aromatic nitrogens is 2. The van der Waals surface area contributed by atoms with E-state index >= 15 is 0 Å². The van der Waals surface area contributed by atoms with E-state index in [-0.39, 0.29) is 12.2 Å². The van der Waals surface area contributed by atoms with Crippen LogP contribution in [0.15, 0.2) is 42.7 Å². The number of carbonyl (C=O) groups is 1. The number of aryl methyl sites for hydroxylation is 1. The molecule has 0 saturated carbocycles. The molecule has 4 heteroatoms. The van der Waals surface area contributed by atoms with E-state index in [9.17, 15) is 4.79 Å². The first-order chi connectivity index (χ1) is 9.22. The van der Waals surface area contributed by atoms with E-state index in [0.29, 0.717) is 0 Å². The monoisotopic (exact) mass is 257 g/mol. The Morgan fingerprint density at radius 2 is 2.11 bits per heavy atom. The zero-order valence-electron chi connectivity index (χ0n) is 11.1. The first-order valence-electron chi connectivity index (χ1n) is 6.55. The van der Waals surface area contributed by atoms with Crippen LogP contribution in [0.2, 0.25) is 0 Å². The van der Waals surface area contributed by atoms with Crippen molar-refractivity contribution < 1.29 is 4.79 Å². The predicted octanol–water partition coefficient (Wildman–Crippen LogP) is 2.10. The van der Waals surface area contributed by atoms with Crippen LogP contribution in [0.1, 0.15) is 30.8 Å². The van der Waals surface area contributed by atoms with Gasteiger partial charge in [-0.05, 0) is 12.0 Å². The van der Waals surface area contributed by atoms with Gasteiger partial charge in [0.2, 0.25) is 0 Å². The number of benzene rings is 1. The second-order valence-electron chi connectivity index (χ2n) is 4.57. The molecule has 0 radical (unpaired) electrons. The summed E-state index contributed by atoms with van der Waals surface area (Å²) in [7, 11) is 0. The number of hydrogen-bond acceptors (Lipinski definition) is 3. The number of ketones is 1. The van der Waals surface area contributed by atoms with Crippen LogP contribution in [0.4, 0.5) is 0 Å². The normalized spacial score (nSPS) is 12.3. The van der Waals surface area contributed by atoms with Gasteiger partial charge in [-0.15, -0.1) is 0 Å². The predicted molar refractivity (Wildman–Crippen MR) is 74.6 cm³/mol. The molecule has 0 saturated heterocycles. The number of Topliss-reactive ketones (excluding diaryl/α,β-unsaturated/α-hetero) is 1. The summed E-state index contributed by atoms with van der Waals surface area (Å²) in [5.74, 6) is 0.785. The van der Waals surface area contributed by atoms with Crippen molar-refractivity contribution in [2.75, 3.05) is 0 Å². The van der Waals surface area contributed by atoms with Crippen molar-refractivity contribution in [3.8, 4) is 0 Å². The lowest BCUT2D eigenvalue weighted by molar-refractivity contribution is -0.119. The second-order valence-corrected chi connectivity index (χ2v) is 4.57. The van der Waals surface area contributed by atoms with E-state index in [1.54, 1.807) is 6.20 Å². The molecule has 0 fully saturated rings. The fourth-order valence-electron chi connectivity index (χ4n) is 2.06. The van der Waals surface area contributed by atoms with Gasteiger partial charge in [0.1, 0.15) is 5.82 Å². The molecule has 0 aliphatic heterocycles. The number of rotatable bonds is 6. The molecule has 1 unspecified atom stereocenters. The van der Waals surface area contributed by atoms with Crippen molar-refractivity contribution in [1.82, 2.24) is 9.55 Å². The molecule has 2 aromatic rings. The lowest BCUT2D eigenvalue weighted by Crippen LogP contribution is -2.24. The molecule has 0 amide bonds. The van der Waals surface area contributed by atoms with Crippen LogP contribution in [0.5, 0.6) is 0 Å². The van der Waals surface area contributed by atoms with Gasteiger partial charge in [-0.1, -0.05) is 37.3 Å². The Kier molecular flexibility index (Phi) is 4.47. The minimum Gasteiger partial charge on any atom is -0.335 e. The lowest BCUT2D eigenvalue weighted by atomic mass is 10.0. The fraction of sp³-hybridized carbons (Fsp3) is 0.333. The van der Waals surface area contributed by atoms with Gasteiger partial charge in [0.15, 0.2) is 5.78 Å². The summed E-state index contributed by atoms with van der Waals surface area (Å²) >= 11 is 0. The van der Waals surface area contributed by atoms with Crippen LogP contribution in [-0.4, -0.2) is 15.3 Å². The van der Waals surface area contributed by atoms with Gasteiger partial charge in [0.05, 0.1) is 12.5 Å². The van der Waals surface area contributed by atoms with Crippen LogP contribution in [0.25, 0.3) is 0 Å². The third kappa shape index (κ3) is 3.29. The topological polar surface area (TPSA) is 60.9 Å². The molecule has 19 heavy (non-hydrogen) atoms. The van der Waals surface area contributed by atoms with E-state index < -0.39 is 6.04 Å². The minimum atomic E-state index is -0.576. The summed E-state index contributed by atoms with van der Waals surface area (Å²) in [6.07, 6.45) is 4.93. The highest BCUT2D eigenvalue weighted by atomic mass is 16.1. The van der Waals surface area contributed by atoms with Crippen molar-refractivity contribution in [2.24, 2.45) is 5.73 Å². The van der Waals surface area contributed by atoms with E-state index in [4.69, 9.17) is 5.73 Å². The SMILES string of the molecule is CCCn1ccnc1CC(=O)C(N)c1ccccc1. The smallest absolute Gasteiger partial charge is 0.161 e. The molecular formula is C15H19N3O. The van der Waals surface area contributed by atoms with Crippen molar-refractivity contribution in [3.63, 3.8) is 0 Å². The molecule has 2 N–H and O–H groups in total. The highest BCUT2D eigenvalue weighted by molar-refractivity contribution is 5.86. The summed E-state index contributed by atoms with van der Waals surface area (Å²) < 4.78 is 2.01. The maximum Gasteiger partial charge on any atom is 0.161 e. The van der Waals surface area contributed by atoms with Crippen LogP contribution in [-0.2, 0) is 17.8 Å². The molecule has 0 spiro atoms. The molecule has 1 heterocycles. The Hall–Kier alpha value is -1.94. The van der Waals surface area contributed by atoms with Crippen molar-refractivity contribution in [3.05, 3.63) is 54.1 Å². The maximum atomic E-state index is 12.2. The average Bonchev–Trinajstić information content (AvgIpc) is 2.86. The van der Waals surface area contributed by atoms with Gasteiger partial charge in [-0.25, -0.2) is 4.98 Å². The van der Waals surface area contributed by atoms with E-state index in [1.807, 2.05) is 41.1 Å². The van der Waals surface area contributed by atoms with Crippen LogP contribution in [0, 0.1) is 0 Å². The molecule has 100 valence electrons. The molecule has 0 aliphatic rings. The average molecular weight is 257 g/mol. The Morgan fingerprint density at radius 1 is 1.37 bits per heavy atom. The van der Waals surface area contributed by atoms with Gasteiger partial charge in [-0.3, -0.25) is 4.79 Å². The molecular weight excluding hydrogens is 238 g/mol. The van der Waals surface area contributed by atoms with Gasteiger partial charge < -0.3 is 10.3 Å². The summed E-state index contributed by atoms with van der Waals surface area (Å²) in [5, 5.41) is 0. The third-order valence-corrected chi connectivity index (χ3v) is 3.10. The Morgan fingerprint density at radius 3 is 2.79 bits per heavy atom. The molecule has 1 atom stereocenters. The molecule has 1 aromatic carbocycles. The number of nitrogens with zero attached hydrogens (tertiary/aromatic N) is 2. The van der Waals surface area contributed by atoms with Crippen molar-refractivity contribution in [2.45, 2.75) is 32.4 Å². The van der Waals surface area contributed by atoms with Gasteiger partial charge >= 0.3 is 0 Å². The third-order valence-electron chi connectivity index (χ3n) is 3.10. The molecule has 1 aromatic heterocycles. The van der Waals surface area contributed by atoms with E-state index in [0.717, 1.165) is 24.4 Å². The van der Waals surface area contributed by atoms with Crippen molar-refractivity contribution in [1.29, 1.82) is 0 Å². The lowest BCUT2D eigenvalue weighted by Gasteiger charge is -2.11. The zero-order valence-corrected chi connectivity index (χ0v) is 11.1. The van der Waals surface area contributed by atoms with Gasteiger partial charge in [0, 0.05) is 18.9 Å². The summed E-state index contributed by atoms with van der Waals surface area (Å²) in [4.78, 5) is 16.4. The molecule has 0 aliphatic carbocycles. The standard InChI is InChI=1S/C15H19N3O/c1-2-9-18-10-8-17-14(18)11-13(19)15(16)12-6-4-3-5-7-12/h3-8,10,15H,2,9,11,16H2,1H3. The maximum absolute atomic E-state index is 12.2. The summed E-state index contributed by atoms with van der Waals surface area (Å²) in [5.41, 5.74) is 6.84. The van der Waals surface area contributed by atoms with Crippen LogP contribution in [0.3, 0.4) is 0 Å².